The van der Waals surface area contributed by atoms with E-state index in [1.165, 1.54) is 49.9 Å². The summed E-state index contributed by atoms with van der Waals surface area (Å²) < 4.78 is 5.02. The average Bonchev–Trinajstić information content (AvgIpc) is 3.71. The molecule has 0 spiro atoms. The van der Waals surface area contributed by atoms with Crippen LogP contribution in [0.3, 0.4) is 0 Å². The number of nitrogens with zero attached hydrogens (tertiary/aromatic N) is 3. The quantitative estimate of drug-likeness (QED) is 0.272. The number of hydrogen-bond acceptors (Lipinski definition) is 4. The van der Waals surface area contributed by atoms with Crippen LogP contribution in [0.5, 0.6) is 0 Å². The van der Waals surface area contributed by atoms with Gasteiger partial charge in [0.25, 0.3) is 0 Å². The van der Waals surface area contributed by atoms with E-state index < -0.39 is 0 Å². The third kappa shape index (κ3) is 3.59. The van der Waals surface area contributed by atoms with E-state index in [0.717, 1.165) is 38.9 Å². The van der Waals surface area contributed by atoms with Gasteiger partial charge in [-0.05, 0) is 82.8 Å². The average molecular weight is 519 g/mol. The SMILES string of the molecule is CNCCc1cn(-c2cccc3c2NC2N(C)CC[C@]32n2cc(CCNC)c3ccccc32)c2ccccc12. The highest BCUT2D eigenvalue weighted by molar-refractivity contribution is 5.89. The number of aromatic nitrogens is 2. The maximum Gasteiger partial charge on any atom is 0.108 e. The smallest absolute Gasteiger partial charge is 0.108 e. The van der Waals surface area contributed by atoms with E-state index in [-0.39, 0.29) is 11.7 Å². The first-order valence-corrected chi connectivity index (χ1v) is 14.3. The van der Waals surface area contributed by atoms with E-state index in [9.17, 15) is 0 Å². The first-order valence-electron chi connectivity index (χ1n) is 14.3. The number of anilines is 1. The topological polar surface area (TPSA) is 49.2 Å². The molecular formula is C33H38N6. The summed E-state index contributed by atoms with van der Waals surface area (Å²) in [5.41, 5.74) is 9.09. The molecule has 1 saturated heterocycles. The molecule has 0 saturated carbocycles. The van der Waals surface area contributed by atoms with E-state index in [2.05, 4.69) is 116 Å². The maximum atomic E-state index is 4.05. The number of fused-ring (bicyclic) bond motifs is 5. The largest absolute Gasteiger partial charge is 0.365 e. The highest BCUT2D eigenvalue weighted by Crippen LogP contribution is 2.52. The molecule has 1 fully saturated rings. The molecule has 7 rings (SSSR count). The lowest BCUT2D eigenvalue weighted by Gasteiger charge is -2.34. The zero-order valence-corrected chi connectivity index (χ0v) is 23.2. The van der Waals surface area contributed by atoms with E-state index in [1.807, 2.05) is 14.1 Å². The van der Waals surface area contributed by atoms with Gasteiger partial charge in [0.1, 0.15) is 11.7 Å². The molecular weight excluding hydrogens is 480 g/mol. The monoisotopic (exact) mass is 518 g/mol. The molecule has 3 N–H and O–H groups in total. The Morgan fingerprint density at radius 1 is 0.821 bits per heavy atom. The molecule has 200 valence electrons. The number of para-hydroxylation sites is 3. The Morgan fingerprint density at radius 2 is 1.49 bits per heavy atom. The first-order chi connectivity index (χ1) is 19.2. The minimum absolute atomic E-state index is 0.171. The summed E-state index contributed by atoms with van der Waals surface area (Å²) >= 11 is 0. The lowest BCUT2D eigenvalue weighted by molar-refractivity contribution is 0.261. The van der Waals surface area contributed by atoms with Gasteiger partial charge in [0, 0.05) is 40.8 Å². The fraction of sp³-hybridized carbons (Fsp3) is 0.333. The van der Waals surface area contributed by atoms with E-state index in [1.54, 1.807) is 0 Å². The van der Waals surface area contributed by atoms with Crippen molar-refractivity contribution in [2.24, 2.45) is 0 Å². The molecule has 4 heterocycles. The van der Waals surface area contributed by atoms with Gasteiger partial charge >= 0.3 is 0 Å². The van der Waals surface area contributed by atoms with Crippen molar-refractivity contribution >= 4 is 27.5 Å². The van der Waals surface area contributed by atoms with Crippen molar-refractivity contribution in [3.8, 4) is 5.69 Å². The zero-order chi connectivity index (χ0) is 26.6. The van der Waals surface area contributed by atoms with E-state index in [0.29, 0.717) is 0 Å². The van der Waals surface area contributed by atoms with Crippen LogP contribution in [-0.2, 0) is 18.4 Å². The predicted octanol–water partition coefficient (Wildman–Crippen LogP) is 4.94. The molecule has 2 aliphatic rings. The van der Waals surface area contributed by atoms with Crippen LogP contribution in [0.15, 0.2) is 79.1 Å². The van der Waals surface area contributed by atoms with Gasteiger partial charge in [-0.2, -0.15) is 0 Å². The normalized spacial score (nSPS) is 20.5. The standard InChI is InChI=1S/C33H38N6/c1-34-18-15-23-21-38(28-12-6-4-9-25(23)28)30-14-8-11-27-31(30)36-32-33(27,17-20-37(32)3)39-22-24(16-19-35-2)26-10-5-7-13-29(26)39/h4-14,21-22,32,34-36H,15-20H2,1-3H3/t32?,33-/m0/s1. The Bertz CT molecular complexity index is 1660. The minimum atomic E-state index is -0.171. The van der Waals surface area contributed by atoms with Crippen LogP contribution in [0, 0.1) is 0 Å². The van der Waals surface area contributed by atoms with Crippen molar-refractivity contribution in [2.45, 2.75) is 31.0 Å². The molecule has 0 aliphatic carbocycles. The van der Waals surface area contributed by atoms with Crippen molar-refractivity contribution in [3.63, 3.8) is 0 Å². The summed E-state index contributed by atoms with van der Waals surface area (Å²) in [6, 6.07) is 24.7. The van der Waals surface area contributed by atoms with Gasteiger partial charge in [-0.1, -0.05) is 48.5 Å². The Kier molecular flexibility index (Phi) is 5.99. The summed E-state index contributed by atoms with van der Waals surface area (Å²) in [6.45, 7) is 2.99. The number of rotatable bonds is 8. The molecule has 2 aromatic heterocycles. The van der Waals surface area contributed by atoms with Gasteiger partial charge in [-0.15, -0.1) is 0 Å². The van der Waals surface area contributed by atoms with Crippen molar-refractivity contribution in [1.29, 1.82) is 0 Å². The maximum absolute atomic E-state index is 4.05. The second kappa shape index (κ2) is 9.56. The fourth-order valence-electron chi connectivity index (χ4n) is 7.21. The Labute approximate surface area is 230 Å². The summed E-state index contributed by atoms with van der Waals surface area (Å²) in [4.78, 5) is 2.50. The molecule has 6 nitrogen and oxygen atoms in total. The molecule has 0 bridgehead atoms. The van der Waals surface area contributed by atoms with Crippen molar-refractivity contribution in [2.75, 3.05) is 46.1 Å². The van der Waals surface area contributed by atoms with Gasteiger partial charge in [-0.3, -0.25) is 4.90 Å². The van der Waals surface area contributed by atoms with Crippen molar-refractivity contribution in [1.82, 2.24) is 24.7 Å². The number of hydrogen-bond donors (Lipinski definition) is 3. The van der Waals surface area contributed by atoms with Crippen molar-refractivity contribution < 1.29 is 0 Å². The highest BCUT2D eigenvalue weighted by Gasteiger charge is 2.55. The lowest BCUT2D eigenvalue weighted by Crippen LogP contribution is -2.46. The molecule has 0 radical (unpaired) electrons. The van der Waals surface area contributed by atoms with E-state index in [4.69, 9.17) is 0 Å². The van der Waals surface area contributed by atoms with Crippen LogP contribution >= 0.6 is 0 Å². The van der Waals surface area contributed by atoms with Crippen LogP contribution in [0.25, 0.3) is 27.5 Å². The van der Waals surface area contributed by atoms with Crippen LogP contribution in [0.4, 0.5) is 5.69 Å². The Hall–Kier alpha value is -3.58. The molecule has 3 aromatic carbocycles. The van der Waals surface area contributed by atoms with Gasteiger partial charge in [0.2, 0.25) is 0 Å². The van der Waals surface area contributed by atoms with Crippen LogP contribution < -0.4 is 16.0 Å². The van der Waals surface area contributed by atoms with Gasteiger partial charge < -0.3 is 25.1 Å². The molecule has 2 aliphatic heterocycles. The summed E-state index contributed by atoms with van der Waals surface area (Å²) in [5, 5.41) is 13.4. The highest BCUT2D eigenvalue weighted by atomic mass is 15.4. The second-order valence-electron chi connectivity index (χ2n) is 11.2. The minimum Gasteiger partial charge on any atom is -0.365 e. The Morgan fingerprint density at radius 3 is 2.23 bits per heavy atom. The van der Waals surface area contributed by atoms with Crippen LogP contribution in [0.2, 0.25) is 0 Å². The summed E-state index contributed by atoms with van der Waals surface area (Å²) in [5.74, 6) is 0. The number of nitrogens with one attached hydrogen (secondary N) is 3. The predicted molar refractivity (Wildman–Crippen MR) is 162 cm³/mol. The lowest BCUT2D eigenvalue weighted by atomic mass is 9.87. The third-order valence-electron chi connectivity index (χ3n) is 9.10. The fourth-order valence-corrected chi connectivity index (χ4v) is 7.21. The van der Waals surface area contributed by atoms with Crippen LogP contribution in [0.1, 0.15) is 23.1 Å². The third-order valence-corrected chi connectivity index (χ3v) is 9.10. The summed E-state index contributed by atoms with van der Waals surface area (Å²) in [7, 11) is 6.32. The molecule has 39 heavy (non-hydrogen) atoms. The van der Waals surface area contributed by atoms with Gasteiger partial charge in [0.05, 0.1) is 16.9 Å². The summed E-state index contributed by atoms with van der Waals surface area (Å²) in [6.07, 6.45) is 8.08. The Balaban J connectivity index is 1.44. The number of likely N-dealkylation sites (tertiary alicyclic amines) is 1. The second-order valence-corrected chi connectivity index (χ2v) is 11.2. The first kappa shape index (κ1) is 24.5. The number of likely N-dealkylation sites (N-methyl/N-ethyl adjacent to an activating group) is 3. The molecule has 1 unspecified atom stereocenters. The van der Waals surface area contributed by atoms with Gasteiger partial charge in [0.15, 0.2) is 0 Å². The van der Waals surface area contributed by atoms with Crippen molar-refractivity contribution in [3.05, 3.63) is 95.8 Å². The van der Waals surface area contributed by atoms with Crippen LogP contribution in [-0.4, -0.2) is 61.0 Å². The van der Waals surface area contributed by atoms with E-state index >= 15 is 0 Å². The molecule has 0 amide bonds. The molecule has 6 heteroatoms. The number of benzene rings is 3. The molecule has 2 atom stereocenters. The van der Waals surface area contributed by atoms with Gasteiger partial charge in [-0.25, -0.2) is 0 Å². The zero-order valence-electron chi connectivity index (χ0n) is 23.2. The molecule has 5 aromatic rings.